The van der Waals surface area contributed by atoms with E-state index in [2.05, 4.69) is 10.4 Å². The lowest BCUT2D eigenvalue weighted by Crippen LogP contribution is -2.20. The van der Waals surface area contributed by atoms with Crippen molar-refractivity contribution in [3.8, 4) is 0 Å². The Morgan fingerprint density at radius 1 is 1.27 bits per heavy atom. The lowest BCUT2D eigenvalue weighted by molar-refractivity contribution is -0.117. The number of nitrogens with zero attached hydrogens (tertiary/aromatic N) is 4. The Bertz CT molecular complexity index is 978. The van der Waals surface area contributed by atoms with Gasteiger partial charge >= 0.3 is 0 Å². The SMILES string of the molecule is CCCc1nn(CC(=O)Nc2ccc(F)cc2F)c(=S)n1-n1cccc1. The highest BCUT2D eigenvalue weighted by Crippen LogP contribution is 2.15. The first-order valence-corrected chi connectivity index (χ1v) is 8.47. The van der Waals surface area contributed by atoms with Crippen LogP contribution in [0.2, 0.25) is 0 Å². The Morgan fingerprint density at radius 2 is 2.00 bits per heavy atom. The second-order valence-corrected chi connectivity index (χ2v) is 6.02. The van der Waals surface area contributed by atoms with E-state index in [0.717, 1.165) is 18.3 Å². The van der Waals surface area contributed by atoms with Crippen LogP contribution in [0, 0.1) is 16.4 Å². The molecule has 3 rings (SSSR count). The predicted molar refractivity (Wildman–Crippen MR) is 95.3 cm³/mol. The fourth-order valence-electron chi connectivity index (χ4n) is 2.53. The first-order valence-electron chi connectivity index (χ1n) is 8.07. The maximum atomic E-state index is 13.7. The minimum Gasteiger partial charge on any atom is -0.322 e. The van der Waals surface area contributed by atoms with E-state index in [4.69, 9.17) is 12.2 Å². The van der Waals surface area contributed by atoms with Gasteiger partial charge in [-0.2, -0.15) is 5.10 Å². The molecule has 136 valence electrons. The number of hydrogen-bond acceptors (Lipinski definition) is 3. The van der Waals surface area contributed by atoms with Gasteiger partial charge in [-0.3, -0.25) is 9.47 Å². The van der Waals surface area contributed by atoms with Crippen molar-refractivity contribution in [1.82, 2.24) is 19.1 Å². The highest BCUT2D eigenvalue weighted by molar-refractivity contribution is 7.71. The molecule has 9 heteroatoms. The molecule has 0 saturated carbocycles. The Kier molecular flexibility index (Phi) is 5.27. The van der Waals surface area contributed by atoms with E-state index in [0.29, 0.717) is 17.3 Å². The van der Waals surface area contributed by atoms with Gasteiger partial charge in [-0.05, 0) is 42.9 Å². The number of carbonyl (C=O) groups is 1. The Morgan fingerprint density at radius 3 is 2.65 bits per heavy atom. The quantitative estimate of drug-likeness (QED) is 0.670. The molecule has 0 bridgehead atoms. The molecule has 0 unspecified atom stereocenters. The number of halogens is 2. The van der Waals surface area contributed by atoms with E-state index in [-0.39, 0.29) is 12.2 Å². The smallest absolute Gasteiger partial charge is 0.246 e. The molecule has 0 aliphatic carbocycles. The largest absolute Gasteiger partial charge is 0.322 e. The molecule has 1 aromatic carbocycles. The van der Waals surface area contributed by atoms with E-state index >= 15 is 0 Å². The lowest BCUT2D eigenvalue weighted by atomic mass is 10.3. The fraction of sp³-hybridized carbons (Fsp3) is 0.235. The van der Waals surface area contributed by atoms with Gasteiger partial charge in [0.15, 0.2) is 5.82 Å². The van der Waals surface area contributed by atoms with Gasteiger partial charge in [0, 0.05) is 24.9 Å². The summed E-state index contributed by atoms with van der Waals surface area (Å²) in [5.74, 6) is -1.34. The third-order valence-corrected chi connectivity index (χ3v) is 4.06. The molecule has 0 saturated heterocycles. The van der Waals surface area contributed by atoms with E-state index in [1.165, 1.54) is 10.7 Å². The van der Waals surface area contributed by atoms with Crippen molar-refractivity contribution >= 4 is 23.8 Å². The molecule has 3 aromatic rings. The first kappa shape index (κ1) is 18.0. The van der Waals surface area contributed by atoms with E-state index in [9.17, 15) is 13.6 Å². The van der Waals surface area contributed by atoms with Crippen molar-refractivity contribution in [3.05, 3.63) is 65.0 Å². The number of rotatable bonds is 6. The van der Waals surface area contributed by atoms with Crippen LogP contribution in [0.25, 0.3) is 0 Å². The topological polar surface area (TPSA) is 56.8 Å². The molecule has 2 heterocycles. The van der Waals surface area contributed by atoms with Gasteiger partial charge in [0.2, 0.25) is 10.7 Å². The molecule has 0 spiro atoms. The number of hydrogen-bond donors (Lipinski definition) is 1. The lowest BCUT2D eigenvalue weighted by Gasteiger charge is -2.07. The summed E-state index contributed by atoms with van der Waals surface area (Å²) in [7, 11) is 0. The van der Waals surface area contributed by atoms with E-state index < -0.39 is 17.5 Å². The molecule has 0 atom stereocenters. The van der Waals surface area contributed by atoms with Crippen molar-refractivity contribution in [2.45, 2.75) is 26.3 Å². The van der Waals surface area contributed by atoms with Crippen LogP contribution in [0.3, 0.4) is 0 Å². The van der Waals surface area contributed by atoms with Gasteiger partial charge in [-0.1, -0.05) is 6.92 Å². The second-order valence-electron chi connectivity index (χ2n) is 5.65. The van der Waals surface area contributed by atoms with E-state index in [1.807, 2.05) is 31.5 Å². The van der Waals surface area contributed by atoms with Crippen LogP contribution in [-0.4, -0.2) is 25.0 Å². The van der Waals surface area contributed by atoms with Crippen LogP contribution in [0.4, 0.5) is 14.5 Å². The zero-order chi connectivity index (χ0) is 18.7. The molecular weight excluding hydrogens is 360 g/mol. The van der Waals surface area contributed by atoms with Crippen LogP contribution >= 0.6 is 12.2 Å². The summed E-state index contributed by atoms with van der Waals surface area (Å²) in [5, 5.41) is 6.82. The van der Waals surface area contributed by atoms with Gasteiger partial charge < -0.3 is 5.32 Å². The summed E-state index contributed by atoms with van der Waals surface area (Å²) in [4.78, 5) is 12.2. The fourth-order valence-corrected chi connectivity index (χ4v) is 2.84. The number of carbonyl (C=O) groups excluding carboxylic acids is 1. The third kappa shape index (κ3) is 3.72. The summed E-state index contributed by atoms with van der Waals surface area (Å²) in [6.45, 7) is 1.84. The highest BCUT2D eigenvalue weighted by Gasteiger charge is 2.15. The summed E-state index contributed by atoms with van der Waals surface area (Å²) in [6.07, 6.45) is 5.20. The van der Waals surface area contributed by atoms with Crippen LogP contribution in [-0.2, 0) is 17.8 Å². The van der Waals surface area contributed by atoms with Crippen LogP contribution in [0.15, 0.2) is 42.7 Å². The monoisotopic (exact) mass is 377 g/mol. The Hall–Kier alpha value is -2.81. The normalized spacial score (nSPS) is 10.9. The van der Waals surface area contributed by atoms with Gasteiger partial charge in [0.1, 0.15) is 18.2 Å². The van der Waals surface area contributed by atoms with Crippen molar-refractivity contribution in [3.63, 3.8) is 0 Å². The zero-order valence-electron chi connectivity index (χ0n) is 14.0. The average molecular weight is 377 g/mol. The molecule has 1 amide bonds. The number of amides is 1. The molecule has 0 fully saturated rings. The highest BCUT2D eigenvalue weighted by atomic mass is 32.1. The van der Waals surface area contributed by atoms with Crippen LogP contribution in [0.1, 0.15) is 19.2 Å². The maximum absolute atomic E-state index is 13.7. The number of benzene rings is 1. The molecule has 0 aliphatic rings. The molecule has 26 heavy (non-hydrogen) atoms. The Labute approximate surface area is 153 Å². The molecule has 0 aliphatic heterocycles. The van der Waals surface area contributed by atoms with E-state index in [1.54, 1.807) is 9.35 Å². The van der Waals surface area contributed by atoms with Crippen molar-refractivity contribution in [2.75, 3.05) is 5.32 Å². The predicted octanol–water partition coefficient (Wildman–Crippen LogP) is 3.40. The van der Waals surface area contributed by atoms with Crippen LogP contribution < -0.4 is 5.32 Å². The van der Waals surface area contributed by atoms with Gasteiger partial charge in [-0.25, -0.2) is 18.1 Å². The molecular formula is C17H17F2N5OS. The summed E-state index contributed by atoms with van der Waals surface area (Å²) < 4.78 is 31.9. The average Bonchev–Trinajstić information content (AvgIpc) is 3.20. The number of aryl methyl sites for hydroxylation is 1. The molecule has 0 radical (unpaired) electrons. The second kappa shape index (κ2) is 7.61. The maximum Gasteiger partial charge on any atom is 0.246 e. The summed E-state index contributed by atoms with van der Waals surface area (Å²) in [5.41, 5.74) is -0.0958. The Balaban J connectivity index is 1.84. The third-order valence-electron chi connectivity index (χ3n) is 3.67. The summed E-state index contributed by atoms with van der Waals surface area (Å²) in [6, 6.07) is 6.67. The summed E-state index contributed by atoms with van der Waals surface area (Å²) >= 11 is 5.44. The molecule has 6 nitrogen and oxygen atoms in total. The van der Waals surface area contributed by atoms with Gasteiger partial charge in [0.05, 0.1) is 5.69 Å². The standard InChI is InChI=1S/C17H17F2N5OS/c1-2-5-15-21-23(17(26)24(15)22-8-3-4-9-22)11-16(25)20-14-7-6-12(18)10-13(14)19/h3-4,6-10H,2,5,11H2,1H3,(H,20,25). The molecule has 2 aromatic heterocycles. The number of anilines is 1. The van der Waals surface area contributed by atoms with Crippen molar-refractivity contribution in [1.29, 1.82) is 0 Å². The number of nitrogens with one attached hydrogen (secondary N) is 1. The van der Waals surface area contributed by atoms with Gasteiger partial charge in [-0.15, -0.1) is 0 Å². The molecule has 1 N–H and O–H groups in total. The zero-order valence-corrected chi connectivity index (χ0v) is 14.8. The van der Waals surface area contributed by atoms with Crippen molar-refractivity contribution in [2.24, 2.45) is 0 Å². The number of aromatic nitrogens is 4. The van der Waals surface area contributed by atoms with Gasteiger partial charge in [0.25, 0.3) is 0 Å². The van der Waals surface area contributed by atoms with Crippen LogP contribution in [0.5, 0.6) is 0 Å². The first-order chi connectivity index (χ1) is 12.5. The minimum atomic E-state index is -0.841. The van der Waals surface area contributed by atoms with Crippen molar-refractivity contribution < 1.29 is 13.6 Å². The minimum absolute atomic E-state index is 0.0958.